The number of carboxylic acids is 1. The molecule has 1 aromatic heterocycles. The number of amidine groups is 1. The maximum absolute atomic E-state index is 13.3. The van der Waals surface area contributed by atoms with Crippen molar-refractivity contribution in [3.05, 3.63) is 93.3 Å². The first-order valence-corrected chi connectivity index (χ1v) is 18.1. The van der Waals surface area contributed by atoms with Crippen molar-refractivity contribution in [1.82, 2.24) is 10.6 Å². The maximum atomic E-state index is 13.3. The molecule has 0 aliphatic rings. The second-order valence-electron chi connectivity index (χ2n) is 13.6. The van der Waals surface area contributed by atoms with E-state index in [1.54, 1.807) is 19.2 Å². The number of aliphatic carboxylic acids is 1. The summed E-state index contributed by atoms with van der Waals surface area (Å²) in [5.74, 6) is -0.547. The van der Waals surface area contributed by atoms with Gasteiger partial charge in [0, 0.05) is 29.1 Å². The quantitative estimate of drug-likeness (QED) is 0.0700. The lowest BCUT2D eigenvalue weighted by molar-refractivity contribution is -0.137. The van der Waals surface area contributed by atoms with E-state index in [0.717, 1.165) is 45.9 Å². The highest BCUT2D eigenvalue weighted by molar-refractivity contribution is 7.14. The summed E-state index contributed by atoms with van der Waals surface area (Å²) in [4.78, 5) is 48.0. The van der Waals surface area contributed by atoms with Crippen molar-refractivity contribution in [1.29, 1.82) is 0 Å². The van der Waals surface area contributed by atoms with Gasteiger partial charge in [0.25, 0.3) is 5.91 Å². The monoisotopic (exact) mass is 700 g/mol. The molecule has 0 radical (unpaired) electrons. The summed E-state index contributed by atoms with van der Waals surface area (Å²) in [6, 6.07) is 17.5. The average Bonchev–Trinajstić information content (AvgIpc) is 3.58. The van der Waals surface area contributed by atoms with Crippen LogP contribution in [0.1, 0.15) is 111 Å². The molecule has 10 heteroatoms. The zero-order valence-corrected chi connectivity index (χ0v) is 31.1. The number of unbranched alkanes of at least 4 members (excludes halogenated alkanes) is 4. The molecule has 268 valence electrons. The van der Waals surface area contributed by atoms with Crippen LogP contribution in [0.25, 0.3) is 5.57 Å². The minimum atomic E-state index is -1.02. The van der Waals surface area contributed by atoms with Crippen LogP contribution in [0.5, 0.6) is 5.75 Å². The van der Waals surface area contributed by atoms with Crippen LogP contribution < -0.4 is 15.4 Å². The normalized spacial score (nSPS) is 13.3. The maximum Gasteiger partial charge on any atom is 0.305 e. The first-order chi connectivity index (χ1) is 23.8. The summed E-state index contributed by atoms with van der Waals surface area (Å²) >= 11 is 1.39. The van der Waals surface area contributed by atoms with Crippen LogP contribution in [-0.2, 0) is 21.4 Å². The number of ether oxygens (including phenoxy) is 1. The second-order valence-corrected chi connectivity index (χ2v) is 14.6. The van der Waals surface area contributed by atoms with Crippen molar-refractivity contribution < 1.29 is 24.2 Å². The van der Waals surface area contributed by atoms with Gasteiger partial charge < -0.3 is 20.5 Å². The molecule has 0 saturated heterocycles. The molecule has 3 aromatic rings. The lowest BCUT2D eigenvalue weighted by atomic mass is 9.95. The third kappa shape index (κ3) is 13.0. The van der Waals surface area contributed by atoms with E-state index in [9.17, 15) is 14.4 Å². The molecular formula is C40H52N4O5S. The standard InChI is InChI=1S/C40H52N4O5S/c1-8-9-10-11-12-23-49-32-19-17-30(18-20-32)27(2)26-42-37(41-7)31-15-13-29(14-16-31)25-33(38(47)43-28(3)24-36(45)46)44-39(48)34-21-22-35(50-34)40(4,5)6/h13-22,26,28,33H,7-12,23-25H2,1-6H3,(H,43,47)(H,44,48)(H,45,46)/b27-26+,42-37?/t28-,33-/m0/s1. The number of carboxylic acid groups (broad SMARTS) is 1. The molecule has 9 nitrogen and oxygen atoms in total. The number of nitrogens with one attached hydrogen (secondary N) is 2. The number of hydrogen-bond donors (Lipinski definition) is 3. The van der Waals surface area contributed by atoms with Gasteiger partial charge in [0.1, 0.15) is 11.8 Å². The molecule has 2 atom stereocenters. The molecule has 2 aromatic carbocycles. The van der Waals surface area contributed by atoms with Crippen LogP contribution in [0.2, 0.25) is 0 Å². The topological polar surface area (TPSA) is 129 Å². The summed E-state index contributed by atoms with van der Waals surface area (Å²) in [6.07, 6.45) is 7.72. The Kier molecular flexibility index (Phi) is 15.6. The number of rotatable bonds is 18. The van der Waals surface area contributed by atoms with Crippen molar-refractivity contribution in [2.24, 2.45) is 9.98 Å². The average molecular weight is 701 g/mol. The minimum absolute atomic E-state index is 0.112. The number of amides is 2. The Bertz CT molecular complexity index is 1640. The number of hydrogen-bond acceptors (Lipinski definition) is 6. The highest BCUT2D eigenvalue weighted by Gasteiger charge is 2.26. The molecule has 50 heavy (non-hydrogen) atoms. The first kappa shape index (κ1) is 39.9. The summed E-state index contributed by atoms with van der Waals surface area (Å²) in [6.45, 7) is 16.5. The lowest BCUT2D eigenvalue weighted by Gasteiger charge is -2.21. The predicted octanol–water partition coefficient (Wildman–Crippen LogP) is 8.22. The molecule has 0 bridgehead atoms. The van der Waals surface area contributed by atoms with E-state index in [1.165, 1.54) is 37.0 Å². The Morgan fingerprint density at radius 1 is 0.940 bits per heavy atom. The van der Waals surface area contributed by atoms with Gasteiger partial charge in [-0.1, -0.05) is 89.8 Å². The van der Waals surface area contributed by atoms with Crippen molar-refractivity contribution in [3.63, 3.8) is 0 Å². The first-order valence-electron chi connectivity index (χ1n) is 17.3. The van der Waals surface area contributed by atoms with Crippen LogP contribution in [0.3, 0.4) is 0 Å². The zero-order chi connectivity index (χ0) is 36.7. The largest absolute Gasteiger partial charge is 0.494 e. The van der Waals surface area contributed by atoms with Crippen molar-refractivity contribution in [2.75, 3.05) is 6.61 Å². The SMILES string of the molecule is C=NC(=N/C=C(\C)c1ccc(OCCCCCCC)cc1)c1ccc(C[C@H](NC(=O)c2ccc(C(C)(C)C)s2)C(=O)N[C@@H](C)CC(=O)O)cc1. The second kappa shape index (κ2) is 19.6. The highest BCUT2D eigenvalue weighted by Crippen LogP contribution is 2.29. The fourth-order valence-corrected chi connectivity index (χ4v) is 6.10. The van der Waals surface area contributed by atoms with Gasteiger partial charge >= 0.3 is 5.97 Å². The van der Waals surface area contributed by atoms with Crippen molar-refractivity contribution >= 4 is 47.2 Å². The Morgan fingerprint density at radius 3 is 2.20 bits per heavy atom. The molecule has 0 aliphatic carbocycles. The van der Waals surface area contributed by atoms with Gasteiger partial charge in [-0.05, 0) is 73.4 Å². The van der Waals surface area contributed by atoms with E-state index in [0.29, 0.717) is 10.7 Å². The number of allylic oxidation sites excluding steroid dienone is 1. The van der Waals surface area contributed by atoms with Crippen LogP contribution in [0.15, 0.2) is 76.8 Å². The number of carbonyl (C=O) groups excluding carboxylic acids is 2. The molecule has 0 saturated carbocycles. The third-order valence-electron chi connectivity index (χ3n) is 8.07. The van der Waals surface area contributed by atoms with Gasteiger partial charge in [-0.2, -0.15) is 0 Å². The fraction of sp³-hybridized carbons (Fsp3) is 0.425. The Hall–Kier alpha value is -4.57. The molecule has 2 amide bonds. The van der Waals surface area contributed by atoms with Gasteiger partial charge in [-0.25, -0.2) is 9.98 Å². The van der Waals surface area contributed by atoms with Crippen molar-refractivity contribution in [3.8, 4) is 5.75 Å². The molecule has 0 fully saturated rings. The smallest absolute Gasteiger partial charge is 0.305 e. The summed E-state index contributed by atoms with van der Waals surface area (Å²) in [5.41, 5.74) is 3.39. The van der Waals surface area contributed by atoms with Gasteiger partial charge in [-0.3, -0.25) is 14.4 Å². The van der Waals surface area contributed by atoms with E-state index in [1.807, 2.05) is 61.5 Å². The van der Waals surface area contributed by atoms with E-state index in [-0.39, 0.29) is 24.2 Å². The predicted molar refractivity (Wildman–Crippen MR) is 205 cm³/mol. The number of thiophene rings is 1. The molecule has 3 rings (SSSR count). The van der Waals surface area contributed by atoms with Crippen LogP contribution in [0, 0.1) is 0 Å². The molecule has 1 heterocycles. The minimum Gasteiger partial charge on any atom is -0.494 e. The number of benzene rings is 2. The summed E-state index contributed by atoms with van der Waals surface area (Å²) in [7, 11) is 0. The molecule has 0 aliphatic heterocycles. The van der Waals surface area contributed by atoms with Gasteiger partial charge in [0.2, 0.25) is 5.91 Å². The van der Waals surface area contributed by atoms with Crippen LogP contribution in [-0.4, -0.2) is 54.1 Å². The van der Waals surface area contributed by atoms with E-state index >= 15 is 0 Å². The molecule has 0 spiro atoms. The van der Waals surface area contributed by atoms with Gasteiger partial charge in [0.05, 0.1) is 17.9 Å². The molecule has 0 unspecified atom stereocenters. The Balaban J connectivity index is 1.70. The Morgan fingerprint density at radius 2 is 1.60 bits per heavy atom. The van der Waals surface area contributed by atoms with Gasteiger partial charge in [0.15, 0.2) is 5.84 Å². The molecule has 3 N–H and O–H groups in total. The number of carbonyl (C=O) groups is 3. The summed E-state index contributed by atoms with van der Waals surface area (Å²) in [5, 5.41) is 14.8. The highest BCUT2D eigenvalue weighted by atomic mass is 32.1. The zero-order valence-electron chi connectivity index (χ0n) is 30.3. The van der Waals surface area contributed by atoms with Crippen LogP contribution in [0.4, 0.5) is 0 Å². The third-order valence-corrected chi connectivity index (χ3v) is 9.58. The fourth-order valence-electron chi connectivity index (χ4n) is 5.13. The number of nitrogens with zero attached hydrogens (tertiary/aromatic N) is 2. The summed E-state index contributed by atoms with van der Waals surface area (Å²) < 4.78 is 5.89. The van der Waals surface area contributed by atoms with E-state index in [4.69, 9.17) is 9.84 Å². The lowest BCUT2D eigenvalue weighted by Crippen LogP contribution is -2.50. The van der Waals surface area contributed by atoms with E-state index in [2.05, 4.69) is 55.0 Å². The van der Waals surface area contributed by atoms with Gasteiger partial charge in [-0.15, -0.1) is 11.3 Å². The van der Waals surface area contributed by atoms with E-state index < -0.39 is 24.0 Å². The molecular weight excluding hydrogens is 649 g/mol. The van der Waals surface area contributed by atoms with Crippen LogP contribution >= 0.6 is 11.3 Å². The number of aliphatic imine (C=N–C) groups is 2. The van der Waals surface area contributed by atoms with Crippen molar-refractivity contribution in [2.45, 2.75) is 104 Å². The Labute approximate surface area is 301 Å².